The van der Waals surface area contributed by atoms with Crippen molar-refractivity contribution in [1.82, 2.24) is 4.90 Å². The van der Waals surface area contributed by atoms with Crippen LogP contribution in [0.1, 0.15) is 27.7 Å². The van der Waals surface area contributed by atoms with Gasteiger partial charge in [-0.25, -0.2) is 0 Å². The van der Waals surface area contributed by atoms with Crippen molar-refractivity contribution in [3.05, 3.63) is 0 Å². The molecule has 1 fully saturated rings. The summed E-state index contributed by atoms with van der Waals surface area (Å²) in [7, 11) is 2.18. The van der Waals surface area contributed by atoms with Crippen LogP contribution in [0.4, 0.5) is 0 Å². The van der Waals surface area contributed by atoms with Gasteiger partial charge >= 0.3 is 0 Å². The van der Waals surface area contributed by atoms with Gasteiger partial charge in [-0.15, -0.1) is 0 Å². The summed E-state index contributed by atoms with van der Waals surface area (Å²) in [4.78, 5) is 2.38. The van der Waals surface area contributed by atoms with Crippen LogP contribution in [-0.4, -0.2) is 31.1 Å². The molecule has 0 bridgehead atoms. The van der Waals surface area contributed by atoms with Gasteiger partial charge in [-0.1, -0.05) is 20.8 Å². The highest BCUT2D eigenvalue weighted by Gasteiger charge is 2.49. The third-order valence-electron chi connectivity index (χ3n) is 3.81. The van der Waals surface area contributed by atoms with Crippen molar-refractivity contribution in [2.75, 3.05) is 20.1 Å². The average molecular weight is 170 g/mol. The van der Waals surface area contributed by atoms with Gasteiger partial charge in [0.05, 0.1) is 0 Å². The first-order valence-corrected chi connectivity index (χ1v) is 4.74. The van der Waals surface area contributed by atoms with Crippen LogP contribution in [0, 0.1) is 10.8 Å². The SMILES string of the molecule is CC(N)C1(C)CN(C)CC1(C)C. The highest BCUT2D eigenvalue weighted by molar-refractivity contribution is 5.02. The van der Waals surface area contributed by atoms with E-state index in [4.69, 9.17) is 5.73 Å². The molecule has 0 spiro atoms. The largest absolute Gasteiger partial charge is 0.327 e. The van der Waals surface area contributed by atoms with Crippen LogP contribution in [0.5, 0.6) is 0 Å². The Hall–Kier alpha value is -0.0800. The fourth-order valence-electron chi connectivity index (χ4n) is 2.45. The number of likely N-dealkylation sites (tertiary alicyclic amines) is 1. The Morgan fingerprint density at radius 2 is 1.75 bits per heavy atom. The summed E-state index contributed by atoms with van der Waals surface area (Å²) >= 11 is 0. The molecule has 1 saturated heterocycles. The molecule has 0 aromatic carbocycles. The molecular formula is C10H22N2. The second-order valence-corrected chi connectivity index (χ2v) is 5.26. The number of nitrogens with zero attached hydrogens (tertiary/aromatic N) is 1. The van der Waals surface area contributed by atoms with Gasteiger partial charge in [0.25, 0.3) is 0 Å². The van der Waals surface area contributed by atoms with E-state index in [1.54, 1.807) is 0 Å². The van der Waals surface area contributed by atoms with Crippen molar-refractivity contribution < 1.29 is 0 Å². The topological polar surface area (TPSA) is 29.3 Å². The van der Waals surface area contributed by atoms with Gasteiger partial charge in [0.2, 0.25) is 0 Å². The Morgan fingerprint density at radius 1 is 1.25 bits per heavy atom. The first kappa shape index (κ1) is 10.0. The minimum absolute atomic E-state index is 0.266. The highest BCUT2D eigenvalue weighted by atomic mass is 15.2. The maximum absolute atomic E-state index is 6.04. The van der Waals surface area contributed by atoms with E-state index in [0.717, 1.165) is 13.1 Å². The van der Waals surface area contributed by atoms with Gasteiger partial charge < -0.3 is 10.6 Å². The van der Waals surface area contributed by atoms with E-state index in [1.807, 2.05) is 0 Å². The minimum atomic E-state index is 0.266. The quantitative estimate of drug-likeness (QED) is 0.643. The van der Waals surface area contributed by atoms with Crippen LogP contribution in [0.3, 0.4) is 0 Å². The normalized spacial score (nSPS) is 38.5. The summed E-state index contributed by atoms with van der Waals surface area (Å²) in [5.74, 6) is 0. The number of hydrogen-bond donors (Lipinski definition) is 1. The summed E-state index contributed by atoms with van der Waals surface area (Å²) in [5, 5.41) is 0. The second kappa shape index (κ2) is 2.71. The summed E-state index contributed by atoms with van der Waals surface area (Å²) in [5.41, 5.74) is 6.65. The molecule has 0 aromatic heterocycles. The lowest BCUT2D eigenvalue weighted by Crippen LogP contribution is -2.47. The monoisotopic (exact) mass is 170 g/mol. The van der Waals surface area contributed by atoms with Crippen LogP contribution in [0.25, 0.3) is 0 Å². The Morgan fingerprint density at radius 3 is 1.92 bits per heavy atom. The van der Waals surface area contributed by atoms with Crippen LogP contribution >= 0.6 is 0 Å². The van der Waals surface area contributed by atoms with Crippen molar-refractivity contribution in [2.24, 2.45) is 16.6 Å². The minimum Gasteiger partial charge on any atom is -0.327 e. The van der Waals surface area contributed by atoms with Crippen LogP contribution in [0.15, 0.2) is 0 Å². The zero-order valence-corrected chi connectivity index (χ0v) is 9.02. The molecule has 2 atom stereocenters. The van der Waals surface area contributed by atoms with Crippen molar-refractivity contribution in [3.63, 3.8) is 0 Å². The van der Waals surface area contributed by atoms with E-state index in [9.17, 15) is 0 Å². The molecule has 0 radical (unpaired) electrons. The van der Waals surface area contributed by atoms with Gasteiger partial charge in [0.1, 0.15) is 0 Å². The van der Waals surface area contributed by atoms with Crippen molar-refractivity contribution >= 4 is 0 Å². The van der Waals surface area contributed by atoms with Crippen LogP contribution in [0.2, 0.25) is 0 Å². The molecule has 2 unspecified atom stereocenters. The number of nitrogens with two attached hydrogens (primary N) is 1. The maximum Gasteiger partial charge on any atom is 0.00822 e. The zero-order chi connectivity index (χ0) is 9.57. The molecule has 2 nitrogen and oxygen atoms in total. The van der Waals surface area contributed by atoms with E-state index in [2.05, 4.69) is 39.6 Å². The Kier molecular flexibility index (Phi) is 2.26. The fraction of sp³-hybridized carbons (Fsp3) is 1.00. The first-order valence-electron chi connectivity index (χ1n) is 4.74. The van der Waals surface area contributed by atoms with Crippen LogP contribution < -0.4 is 5.73 Å². The van der Waals surface area contributed by atoms with Gasteiger partial charge in [0, 0.05) is 24.5 Å². The smallest absolute Gasteiger partial charge is 0.00822 e. The number of hydrogen-bond acceptors (Lipinski definition) is 2. The summed E-state index contributed by atoms with van der Waals surface area (Å²) in [6.45, 7) is 11.4. The van der Waals surface area contributed by atoms with Gasteiger partial charge in [0.15, 0.2) is 0 Å². The van der Waals surface area contributed by atoms with Crippen LogP contribution in [-0.2, 0) is 0 Å². The van der Waals surface area contributed by atoms with Gasteiger partial charge in [-0.3, -0.25) is 0 Å². The number of rotatable bonds is 1. The fourth-order valence-corrected chi connectivity index (χ4v) is 2.45. The molecule has 0 aromatic rings. The lowest BCUT2D eigenvalue weighted by Gasteiger charge is -2.40. The molecular weight excluding hydrogens is 148 g/mol. The van der Waals surface area contributed by atoms with Gasteiger partial charge in [-0.2, -0.15) is 0 Å². The predicted molar refractivity (Wildman–Crippen MR) is 53.0 cm³/mol. The molecule has 2 heteroatoms. The van der Waals surface area contributed by atoms with E-state index in [0.29, 0.717) is 5.41 Å². The van der Waals surface area contributed by atoms with E-state index in [1.165, 1.54) is 0 Å². The maximum atomic E-state index is 6.04. The predicted octanol–water partition coefficient (Wildman–Crippen LogP) is 1.31. The van der Waals surface area contributed by atoms with Crippen molar-refractivity contribution in [1.29, 1.82) is 0 Å². The van der Waals surface area contributed by atoms with E-state index >= 15 is 0 Å². The molecule has 72 valence electrons. The van der Waals surface area contributed by atoms with Gasteiger partial charge in [-0.05, 0) is 19.4 Å². The Bertz CT molecular complexity index is 175. The lowest BCUT2D eigenvalue weighted by molar-refractivity contribution is 0.127. The first-order chi connectivity index (χ1) is 5.29. The molecule has 1 aliphatic rings. The third kappa shape index (κ3) is 1.27. The summed E-state index contributed by atoms with van der Waals surface area (Å²) in [6.07, 6.45) is 0. The molecule has 0 amide bonds. The summed E-state index contributed by atoms with van der Waals surface area (Å²) in [6, 6.07) is 0.275. The Balaban J connectivity index is 2.90. The van der Waals surface area contributed by atoms with Crippen molar-refractivity contribution in [2.45, 2.75) is 33.7 Å². The standard InChI is InChI=1S/C10H22N2/c1-8(11)10(4)7-12(5)6-9(10,2)3/h8H,6-7,11H2,1-5H3. The molecule has 2 N–H and O–H groups in total. The molecule has 0 aliphatic carbocycles. The lowest BCUT2D eigenvalue weighted by atomic mass is 9.65. The van der Waals surface area contributed by atoms with Crippen molar-refractivity contribution in [3.8, 4) is 0 Å². The second-order valence-electron chi connectivity index (χ2n) is 5.26. The molecule has 12 heavy (non-hydrogen) atoms. The molecule has 1 rings (SSSR count). The average Bonchev–Trinajstić information content (AvgIpc) is 2.02. The highest BCUT2D eigenvalue weighted by Crippen LogP contribution is 2.46. The summed E-state index contributed by atoms with van der Waals surface area (Å²) < 4.78 is 0. The molecule has 1 heterocycles. The molecule has 0 saturated carbocycles. The van der Waals surface area contributed by atoms with E-state index in [-0.39, 0.29) is 11.5 Å². The third-order valence-corrected chi connectivity index (χ3v) is 3.81. The Labute approximate surface area is 76.1 Å². The molecule has 1 aliphatic heterocycles. The zero-order valence-electron chi connectivity index (χ0n) is 9.02. The van der Waals surface area contributed by atoms with E-state index < -0.39 is 0 Å².